The first-order valence-electron chi connectivity index (χ1n) is 5.33. The van der Waals surface area contributed by atoms with E-state index < -0.39 is 0 Å². The first-order chi connectivity index (χ1) is 8.04. The molecule has 0 radical (unpaired) electrons. The van der Waals surface area contributed by atoms with Crippen LogP contribution in [0.15, 0.2) is 18.3 Å². The summed E-state index contributed by atoms with van der Waals surface area (Å²) in [5, 5.41) is 11.4. The van der Waals surface area contributed by atoms with Crippen LogP contribution in [0.4, 0.5) is 0 Å². The fourth-order valence-electron chi connectivity index (χ4n) is 1.11. The van der Waals surface area contributed by atoms with Gasteiger partial charge in [-0.15, -0.1) is 0 Å². The average molecular weight is 296 g/mol. The van der Waals surface area contributed by atoms with Gasteiger partial charge in [0.25, 0.3) is 5.91 Å². The molecular weight excluding hydrogens is 282 g/mol. The molecule has 5 heteroatoms. The molecule has 0 aromatic carbocycles. The number of hydrogen-bond acceptors (Lipinski definition) is 3. The predicted octanol–water partition coefficient (Wildman–Crippen LogP) is 2.10. The summed E-state index contributed by atoms with van der Waals surface area (Å²) in [4.78, 5) is 15.9. The molecule has 0 spiro atoms. The Morgan fingerprint density at radius 3 is 2.76 bits per heavy atom. The summed E-state index contributed by atoms with van der Waals surface area (Å²) in [6.07, 6.45) is 1.39. The van der Waals surface area contributed by atoms with Crippen molar-refractivity contribution in [1.29, 1.82) is 5.26 Å². The Morgan fingerprint density at radius 1 is 1.59 bits per heavy atom. The van der Waals surface area contributed by atoms with Crippen molar-refractivity contribution in [2.75, 3.05) is 6.54 Å². The summed E-state index contributed by atoms with van der Waals surface area (Å²) in [6, 6.07) is 5.08. The molecule has 1 amide bonds. The van der Waals surface area contributed by atoms with E-state index in [2.05, 4.69) is 40.1 Å². The van der Waals surface area contributed by atoms with Gasteiger partial charge in [0, 0.05) is 17.6 Å². The second kappa shape index (κ2) is 6.36. The minimum Gasteiger partial charge on any atom is -0.350 e. The largest absolute Gasteiger partial charge is 0.350 e. The Hall–Kier alpha value is -1.41. The number of nitrogens with zero attached hydrogens (tertiary/aromatic N) is 2. The van der Waals surface area contributed by atoms with Gasteiger partial charge in [-0.3, -0.25) is 4.79 Å². The molecule has 0 aliphatic carbocycles. The molecule has 90 valence electrons. The number of alkyl halides is 1. The lowest BCUT2D eigenvalue weighted by atomic mass is 10.1. The van der Waals surface area contributed by atoms with Crippen molar-refractivity contribution in [3.8, 4) is 6.07 Å². The summed E-state index contributed by atoms with van der Waals surface area (Å²) in [7, 11) is 0. The molecule has 4 nitrogen and oxygen atoms in total. The fraction of sp³-hybridized carbons (Fsp3) is 0.417. The molecule has 1 unspecified atom stereocenters. The minimum absolute atomic E-state index is 0.223. The molecule has 0 saturated carbocycles. The zero-order valence-corrected chi connectivity index (χ0v) is 11.4. The lowest BCUT2D eigenvalue weighted by Gasteiger charge is -2.14. The van der Waals surface area contributed by atoms with E-state index >= 15 is 0 Å². The van der Waals surface area contributed by atoms with E-state index in [1.807, 2.05) is 6.07 Å². The average Bonchev–Trinajstić information content (AvgIpc) is 2.35. The number of nitrogens with one attached hydrogen (secondary N) is 1. The molecular formula is C12H14BrN3O. The molecule has 0 fully saturated rings. The van der Waals surface area contributed by atoms with Gasteiger partial charge in [-0.2, -0.15) is 5.26 Å². The maximum absolute atomic E-state index is 11.7. The summed E-state index contributed by atoms with van der Waals surface area (Å²) in [5.74, 6) is 0.226. The Labute approximate surface area is 109 Å². The standard InChI is InChI=1S/C12H14BrN3O/c1-8(2)10(13)7-16-12(17)11-4-3-9(5-14)6-15-11/h3-4,6,8,10H,7H2,1-2H3,(H,16,17). The van der Waals surface area contributed by atoms with Crippen LogP contribution in [0.5, 0.6) is 0 Å². The van der Waals surface area contributed by atoms with Crippen LogP contribution in [-0.4, -0.2) is 22.3 Å². The number of carbonyl (C=O) groups is 1. The quantitative estimate of drug-likeness (QED) is 0.865. The van der Waals surface area contributed by atoms with Crippen LogP contribution in [0.2, 0.25) is 0 Å². The van der Waals surface area contributed by atoms with Crippen molar-refractivity contribution in [3.05, 3.63) is 29.6 Å². The van der Waals surface area contributed by atoms with Gasteiger partial charge in [-0.05, 0) is 18.1 Å². The maximum atomic E-state index is 11.7. The van der Waals surface area contributed by atoms with Gasteiger partial charge in [0.05, 0.1) is 5.56 Å². The molecule has 1 N–H and O–H groups in total. The molecule has 1 atom stereocenters. The van der Waals surface area contributed by atoms with Gasteiger partial charge in [-0.25, -0.2) is 4.98 Å². The highest BCUT2D eigenvalue weighted by atomic mass is 79.9. The van der Waals surface area contributed by atoms with E-state index in [-0.39, 0.29) is 10.7 Å². The Morgan fingerprint density at radius 2 is 2.29 bits per heavy atom. The van der Waals surface area contributed by atoms with Crippen LogP contribution < -0.4 is 5.32 Å². The predicted molar refractivity (Wildman–Crippen MR) is 68.8 cm³/mol. The number of amides is 1. The molecule has 17 heavy (non-hydrogen) atoms. The molecule has 0 saturated heterocycles. The first-order valence-corrected chi connectivity index (χ1v) is 6.24. The third kappa shape index (κ3) is 4.16. The highest BCUT2D eigenvalue weighted by Crippen LogP contribution is 2.10. The van der Waals surface area contributed by atoms with Crippen molar-refractivity contribution >= 4 is 21.8 Å². The normalized spacial score (nSPS) is 11.9. The molecule has 1 rings (SSSR count). The van der Waals surface area contributed by atoms with Crippen molar-refractivity contribution in [2.24, 2.45) is 5.92 Å². The second-order valence-electron chi connectivity index (χ2n) is 4.01. The Bertz CT molecular complexity index is 422. The number of rotatable bonds is 4. The van der Waals surface area contributed by atoms with Crippen LogP contribution >= 0.6 is 15.9 Å². The van der Waals surface area contributed by atoms with Gasteiger partial charge in [-0.1, -0.05) is 29.8 Å². The minimum atomic E-state index is -0.223. The smallest absolute Gasteiger partial charge is 0.269 e. The van der Waals surface area contributed by atoms with Crippen LogP contribution in [0.1, 0.15) is 29.9 Å². The van der Waals surface area contributed by atoms with E-state index in [9.17, 15) is 4.79 Å². The van der Waals surface area contributed by atoms with Crippen LogP contribution in [-0.2, 0) is 0 Å². The number of nitriles is 1. The van der Waals surface area contributed by atoms with Crippen molar-refractivity contribution in [1.82, 2.24) is 10.3 Å². The molecule has 1 heterocycles. The number of carbonyl (C=O) groups excluding carboxylic acids is 1. The molecule has 0 aliphatic heterocycles. The topological polar surface area (TPSA) is 65.8 Å². The van der Waals surface area contributed by atoms with Crippen LogP contribution in [0, 0.1) is 17.2 Å². The number of aromatic nitrogens is 1. The van der Waals surface area contributed by atoms with E-state index in [0.29, 0.717) is 23.7 Å². The van der Waals surface area contributed by atoms with Gasteiger partial charge < -0.3 is 5.32 Å². The van der Waals surface area contributed by atoms with Crippen molar-refractivity contribution < 1.29 is 4.79 Å². The summed E-state index contributed by atoms with van der Waals surface area (Å²) in [6.45, 7) is 4.70. The SMILES string of the molecule is CC(C)C(Br)CNC(=O)c1ccc(C#N)cn1. The zero-order chi connectivity index (χ0) is 12.8. The summed E-state index contributed by atoms with van der Waals surface area (Å²) < 4.78 is 0. The lowest BCUT2D eigenvalue weighted by Crippen LogP contribution is -2.32. The van der Waals surface area contributed by atoms with Gasteiger partial charge in [0.1, 0.15) is 11.8 Å². The monoisotopic (exact) mass is 295 g/mol. The highest BCUT2D eigenvalue weighted by molar-refractivity contribution is 9.09. The van der Waals surface area contributed by atoms with Crippen LogP contribution in [0.25, 0.3) is 0 Å². The van der Waals surface area contributed by atoms with E-state index in [1.54, 1.807) is 12.1 Å². The lowest BCUT2D eigenvalue weighted by molar-refractivity contribution is 0.0948. The third-order valence-electron chi connectivity index (χ3n) is 2.31. The number of pyridine rings is 1. The van der Waals surface area contributed by atoms with E-state index in [0.717, 1.165) is 0 Å². The highest BCUT2D eigenvalue weighted by Gasteiger charge is 2.12. The van der Waals surface area contributed by atoms with E-state index in [1.165, 1.54) is 6.20 Å². The summed E-state index contributed by atoms with van der Waals surface area (Å²) in [5.41, 5.74) is 0.773. The van der Waals surface area contributed by atoms with Crippen molar-refractivity contribution in [3.63, 3.8) is 0 Å². The molecule has 0 aliphatic rings. The third-order valence-corrected chi connectivity index (χ3v) is 3.69. The van der Waals surface area contributed by atoms with Crippen molar-refractivity contribution in [2.45, 2.75) is 18.7 Å². The zero-order valence-electron chi connectivity index (χ0n) is 9.77. The van der Waals surface area contributed by atoms with Gasteiger partial charge in [0.2, 0.25) is 0 Å². The van der Waals surface area contributed by atoms with Gasteiger partial charge in [0.15, 0.2) is 0 Å². The molecule has 1 aromatic rings. The Balaban J connectivity index is 2.56. The molecule has 0 bridgehead atoms. The molecule has 1 aromatic heterocycles. The maximum Gasteiger partial charge on any atom is 0.269 e. The fourth-order valence-corrected chi connectivity index (χ4v) is 1.27. The number of halogens is 1. The van der Waals surface area contributed by atoms with Crippen LogP contribution in [0.3, 0.4) is 0 Å². The Kier molecular flexibility index (Phi) is 5.11. The van der Waals surface area contributed by atoms with E-state index in [4.69, 9.17) is 5.26 Å². The van der Waals surface area contributed by atoms with Gasteiger partial charge >= 0.3 is 0 Å². The first kappa shape index (κ1) is 13.7. The second-order valence-corrected chi connectivity index (χ2v) is 5.19. The summed E-state index contributed by atoms with van der Waals surface area (Å²) >= 11 is 3.49. The number of hydrogen-bond donors (Lipinski definition) is 1.